The Balaban J connectivity index is 0.000000291. The minimum atomic E-state index is -0.960. The van der Waals surface area contributed by atoms with Gasteiger partial charge in [0, 0.05) is 18.9 Å². The number of rotatable bonds is 17. The molecule has 0 unspecified atom stereocenters. The number of hydrogen-bond donors (Lipinski definition) is 2. The normalized spacial score (nSPS) is 14.1. The fourth-order valence-corrected chi connectivity index (χ4v) is 7.78. The lowest BCUT2D eigenvalue weighted by Crippen LogP contribution is -2.40. The summed E-state index contributed by atoms with van der Waals surface area (Å²) in [5.74, 6) is -0.277. The van der Waals surface area contributed by atoms with Gasteiger partial charge < -0.3 is 33.9 Å². The molecule has 0 bridgehead atoms. The van der Waals surface area contributed by atoms with Crippen molar-refractivity contribution in [3.63, 3.8) is 0 Å². The van der Waals surface area contributed by atoms with Crippen molar-refractivity contribution in [2.45, 2.75) is 126 Å². The van der Waals surface area contributed by atoms with Crippen molar-refractivity contribution in [2.75, 3.05) is 20.8 Å². The Kier molecular flexibility index (Phi) is 21.0. The Bertz CT molecular complexity index is 2320. The summed E-state index contributed by atoms with van der Waals surface area (Å²) in [4.78, 5) is 47.5. The number of ether oxygens (including phenoxy) is 3. The third-order valence-electron chi connectivity index (χ3n) is 11.5. The number of methoxy groups -OCH3 is 2. The second-order valence-corrected chi connectivity index (χ2v) is 20.1. The maximum absolute atomic E-state index is 12.6. The topological polar surface area (TPSA) is 168 Å². The zero-order chi connectivity index (χ0) is 50.0. The van der Waals surface area contributed by atoms with Gasteiger partial charge in [-0.15, -0.1) is 0 Å². The van der Waals surface area contributed by atoms with Crippen molar-refractivity contribution >= 4 is 17.9 Å². The van der Waals surface area contributed by atoms with Crippen LogP contribution < -0.4 is 11.6 Å². The van der Waals surface area contributed by atoms with E-state index in [0.29, 0.717) is 43.6 Å². The molecule has 0 spiro atoms. The number of carbonyl (C=O) groups is 3. The van der Waals surface area contributed by atoms with E-state index < -0.39 is 28.2 Å². The maximum Gasteiger partial charge on any atom is 0.519 e. The number of aliphatic hydroxyl groups is 1. The summed E-state index contributed by atoms with van der Waals surface area (Å²) in [6.45, 7) is 18.9. The zero-order valence-corrected chi connectivity index (χ0v) is 41.9. The highest BCUT2D eigenvalue weighted by molar-refractivity contribution is 5.77. The van der Waals surface area contributed by atoms with Gasteiger partial charge in [-0.2, -0.15) is 0 Å². The van der Waals surface area contributed by atoms with E-state index in [1.165, 1.54) is 25.3 Å². The smallest absolute Gasteiger partial charge is 0.469 e. The minimum Gasteiger partial charge on any atom is -0.469 e. The van der Waals surface area contributed by atoms with Crippen LogP contribution in [0.15, 0.2) is 123 Å². The van der Waals surface area contributed by atoms with E-state index in [0.717, 1.165) is 28.7 Å². The molecule has 5 rings (SSSR count). The van der Waals surface area contributed by atoms with Crippen LogP contribution in [0.3, 0.4) is 0 Å². The van der Waals surface area contributed by atoms with E-state index in [1.807, 2.05) is 71.0 Å². The molecule has 0 amide bonds. The summed E-state index contributed by atoms with van der Waals surface area (Å²) in [5.41, 5.74) is 11.1. The molecule has 11 heteroatoms. The lowest BCUT2D eigenvalue weighted by Gasteiger charge is -2.30. The third kappa shape index (κ3) is 18.8. The van der Waals surface area contributed by atoms with Gasteiger partial charge in [-0.3, -0.25) is 14.4 Å². The van der Waals surface area contributed by atoms with Crippen molar-refractivity contribution in [1.29, 1.82) is 0 Å². The van der Waals surface area contributed by atoms with Gasteiger partial charge in [0.15, 0.2) is 0 Å². The van der Waals surface area contributed by atoms with E-state index in [2.05, 4.69) is 93.6 Å². The Hall–Kier alpha value is -5.78. The Morgan fingerprint density at radius 1 is 0.642 bits per heavy atom. The van der Waals surface area contributed by atoms with Crippen LogP contribution in [0.25, 0.3) is 22.3 Å². The van der Waals surface area contributed by atoms with Crippen LogP contribution in [-0.4, -0.2) is 55.5 Å². The molecule has 0 fully saturated rings. The van der Waals surface area contributed by atoms with Crippen molar-refractivity contribution in [3.05, 3.63) is 142 Å². The lowest BCUT2D eigenvalue weighted by molar-refractivity contribution is -0.158. The second-order valence-electron chi connectivity index (χ2n) is 20.1. The summed E-state index contributed by atoms with van der Waals surface area (Å²) in [5, 5.41) is 9.51. The molecule has 1 heterocycles. The monoisotopic (exact) mass is 922 g/mol. The third-order valence-corrected chi connectivity index (χ3v) is 11.5. The SMILES string of the molecule is CC[C@](C)(C[C@H](CC(=O)OC(C)(C)C)Cc1ccc(-c2ccccc2)cc1)C(=O)OC.COC(=O)[C@](C)(CO)C[C@H](N)Cc1ccc(-c2ccccc2)cc1.Cc1oc(=O)oc1CC(C)(C)C. The number of aryl methyl sites for hydroxylation is 1. The average molecular weight is 922 g/mol. The molecule has 67 heavy (non-hydrogen) atoms. The molecule has 0 saturated heterocycles. The largest absolute Gasteiger partial charge is 0.519 e. The Morgan fingerprint density at radius 2 is 1.09 bits per heavy atom. The van der Waals surface area contributed by atoms with E-state index in [9.17, 15) is 24.3 Å². The Morgan fingerprint density at radius 3 is 1.48 bits per heavy atom. The predicted octanol–water partition coefficient (Wildman–Crippen LogP) is 11.1. The van der Waals surface area contributed by atoms with Crippen LogP contribution in [0.4, 0.5) is 0 Å². The number of nitrogens with two attached hydrogens (primary N) is 1. The molecule has 11 nitrogen and oxygen atoms in total. The van der Waals surface area contributed by atoms with Crippen molar-refractivity contribution in [2.24, 2.45) is 27.9 Å². The molecule has 4 aromatic carbocycles. The predicted molar refractivity (Wildman–Crippen MR) is 265 cm³/mol. The first-order valence-electron chi connectivity index (χ1n) is 23.1. The van der Waals surface area contributed by atoms with E-state index >= 15 is 0 Å². The van der Waals surface area contributed by atoms with Gasteiger partial charge in [-0.25, -0.2) is 4.79 Å². The standard InChI is InChI=1S/C27H36O4.C20H25NO3.C9H14O3/c1-7-27(5,25(29)30-6)19-21(18-24(28)31-26(2,3)4)17-20-13-15-23(16-14-20)22-11-9-8-10-12-22;1-20(14-22,19(23)24-2)13-18(21)12-15-8-10-17(11-9-15)16-6-4-3-5-7-16;1-6-7(5-9(2,3)4)12-8(10)11-6/h8-16,21H,7,17-19H2,1-6H3;3-11,18,22H,12-14,21H2,1-2H3;5H2,1-4H3/t21-,27+;18-,20+;/m01./s1. The van der Waals surface area contributed by atoms with Crippen molar-refractivity contribution in [1.82, 2.24) is 0 Å². The van der Waals surface area contributed by atoms with Crippen LogP contribution in [0.5, 0.6) is 0 Å². The fourth-order valence-electron chi connectivity index (χ4n) is 7.78. The number of carbonyl (C=O) groups excluding carboxylic acids is 3. The van der Waals surface area contributed by atoms with Gasteiger partial charge in [0.2, 0.25) is 0 Å². The second kappa shape index (κ2) is 25.4. The Labute approximate surface area is 398 Å². The molecule has 0 aliphatic carbocycles. The number of esters is 3. The minimum absolute atomic E-state index is 0.0264. The van der Waals surface area contributed by atoms with E-state index in [4.69, 9.17) is 28.8 Å². The van der Waals surface area contributed by atoms with Gasteiger partial charge in [-0.05, 0) is 118 Å². The molecule has 4 atom stereocenters. The molecule has 5 aromatic rings. The summed E-state index contributed by atoms with van der Waals surface area (Å²) in [6, 6.07) is 36.8. The quantitative estimate of drug-likeness (QED) is 0.0672. The van der Waals surface area contributed by atoms with Crippen LogP contribution >= 0.6 is 0 Å². The van der Waals surface area contributed by atoms with Crippen LogP contribution in [0, 0.1) is 29.1 Å². The fraction of sp³-hybridized carbons (Fsp3) is 0.464. The maximum atomic E-state index is 12.6. The molecular weight excluding hydrogens is 847 g/mol. The van der Waals surface area contributed by atoms with E-state index in [1.54, 1.807) is 13.8 Å². The average Bonchev–Trinajstić information content (AvgIpc) is 3.60. The van der Waals surface area contributed by atoms with Gasteiger partial charge >= 0.3 is 23.7 Å². The first kappa shape index (κ1) is 55.5. The molecule has 1 aromatic heterocycles. The molecule has 0 saturated carbocycles. The zero-order valence-electron chi connectivity index (χ0n) is 41.9. The molecule has 0 radical (unpaired) electrons. The van der Waals surface area contributed by atoms with Gasteiger partial charge in [-0.1, -0.05) is 137 Å². The van der Waals surface area contributed by atoms with Gasteiger partial charge in [0.05, 0.1) is 31.7 Å². The molecule has 0 aliphatic heterocycles. The summed E-state index contributed by atoms with van der Waals surface area (Å²) in [7, 11) is 2.74. The first-order chi connectivity index (χ1) is 31.4. The first-order valence-corrected chi connectivity index (χ1v) is 23.1. The summed E-state index contributed by atoms with van der Waals surface area (Å²) >= 11 is 0. The van der Waals surface area contributed by atoms with Crippen molar-refractivity contribution in [3.8, 4) is 22.3 Å². The lowest BCUT2D eigenvalue weighted by atomic mass is 9.76. The van der Waals surface area contributed by atoms with E-state index in [-0.39, 0.29) is 42.3 Å². The van der Waals surface area contributed by atoms with Crippen LogP contribution in [0.2, 0.25) is 0 Å². The van der Waals surface area contributed by atoms with Gasteiger partial charge in [0.1, 0.15) is 17.1 Å². The highest BCUT2D eigenvalue weighted by atomic mass is 16.6. The summed E-state index contributed by atoms with van der Waals surface area (Å²) < 4.78 is 25.0. The number of benzene rings is 4. The molecular formula is C56H75NO10. The number of aliphatic hydroxyl groups excluding tert-OH is 1. The molecule has 0 aliphatic rings. The van der Waals surface area contributed by atoms with Crippen LogP contribution in [0.1, 0.15) is 111 Å². The highest BCUT2D eigenvalue weighted by Gasteiger charge is 2.37. The summed E-state index contributed by atoms with van der Waals surface area (Å²) in [6.07, 6.45) is 3.92. The van der Waals surface area contributed by atoms with Gasteiger partial charge in [0.25, 0.3) is 0 Å². The molecule has 364 valence electrons. The van der Waals surface area contributed by atoms with Crippen molar-refractivity contribution < 1.29 is 42.5 Å². The van der Waals surface area contributed by atoms with Crippen LogP contribution in [-0.2, 0) is 47.9 Å². The number of hydrogen-bond acceptors (Lipinski definition) is 11. The highest BCUT2D eigenvalue weighted by Crippen LogP contribution is 2.35. The molecule has 3 N–H and O–H groups in total.